The number of hydrogen-bond donors (Lipinski definition) is 0. The first-order valence-electron chi connectivity index (χ1n) is 8.76. The Hall–Kier alpha value is -2.58. The zero-order valence-electron chi connectivity index (χ0n) is 15.6. The van der Waals surface area contributed by atoms with Crippen molar-refractivity contribution in [3.8, 4) is 27.5 Å². The molecular weight excluding hydrogens is 393 g/mol. The molecule has 28 heavy (non-hydrogen) atoms. The van der Waals surface area contributed by atoms with Crippen LogP contribution in [0.15, 0.2) is 53.4 Å². The molecule has 8 heteroatoms. The minimum absolute atomic E-state index is 0.263. The highest BCUT2D eigenvalue weighted by Gasteiger charge is 2.18. The summed E-state index contributed by atoms with van der Waals surface area (Å²) >= 11 is 3.33. The van der Waals surface area contributed by atoms with Crippen LogP contribution in [0.5, 0.6) is 0 Å². The molecule has 4 aromatic rings. The molecule has 0 unspecified atom stereocenters. The lowest BCUT2D eigenvalue weighted by Gasteiger charge is -2.03. The molecule has 1 aromatic carbocycles. The van der Waals surface area contributed by atoms with Gasteiger partial charge in [-0.15, -0.1) is 11.8 Å². The number of nitrogens with zero attached hydrogens (tertiary/aromatic N) is 5. The molecule has 0 atom stereocenters. The van der Waals surface area contributed by atoms with Crippen molar-refractivity contribution >= 4 is 23.1 Å². The molecule has 0 amide bonds. The first kappa shape index (κ1) is 18.8. The van der Waals surface area contributed by atoms with Gasteiger partial charge in [0, 0.05) is 35.0 Å². The van der Waals surface area contributed by atoms with Gasteiger partial charge >= 0.3 is 0 Å². The Morgan fingerprint density at radius 3 is 2.64 bits per heavy atom. The molecular formula is C20H18FN5S2. The standard InChI is InChI=1S/C20H18FN5S2/c1-12(2)27-19-18(15-8-22-11-23-9-15)24-20(28-19)26-10-17(13(3)25-26)14-5-4-6-16(21)7-14/h4-12H,1-3H3. The fourth-order valence-electron chi connectivity index (χ4n) is 2.79. The van der Waals surface area contributed by atoms with Gasteiger partial charge in [0.2, 0.25) is 5.13 Å². The van der Waals surface area contributed by atoms with Gasteiger partial charge < -0.3 is 0 Å². The Balaban J connectivity index is 1.78. The summed E-state index contributed by atoms with van der Waals surface area (Å²) in [6.07, 6.45) is 6.94. The molecule has 0 N–H and O–H groups in total. The van der Waals surface area contributed by atoms with Crippen molar-refractivity contribution in [3.63, 3.8) is 0 Å². The zero-order chi connectivity index (χ0) is 19.7. The van der Waals surface area contributed by atoms with E-state index in [0.717, 1.165) is 37.4 Å². The van der Waals surface area contributed by atoms with E-state index in [1.807, 2.05) is 19.2 Å². The Morgan fingerprint density at radius 2 is 1.93 bits per heavy atom. The van der Waals surface area contributed by atoms with Gasteiger partial charge in [0.25, 0.3) is 0 Å². The van der Waals surface area contributed by atoms with Gasteiger partial charge in [-0.1, -0.05) is 37.3 Å². The molecule has 0 saturated heterocycles. The van der Waals surface area contributed by atoms with Crippen molar-refractivity contribution < 1.29 is 4.39 Å². The minimum Gasteiger partial charge on any atom is -0.244 e. The molecule has 0 spiro atoms. The van der Waals surface area contributed by atoms with Gasteiger partial charge in [-0.2, -0.15) is 5.10 Å². The van der Waals surface area contributed by atoms with Crippen molar-refractivity contribution in [2.45, 2.75) is 30.2 Å². The fourth-order valence-corrected chi connectivity index (χ4v) is 5.24. The molecule has 0 bridgehead atoms. The van der Waals surface area contributed by atoms with Crippen LogP contribution in [-0.4, -0.2) is 30.0 Å². The van der Waals surface area contributed by atoms with Gasteiger partial charge in [-0.3, -0.25) is 0 Å². The second kappa shape index (κ2) is 7.81. The molecule has 3 heterocycles. The first-order chi connectivity index (χ1) is 13.5. The number of aromatic nitrogens is 5. The number of halogens is 1. The Labute approximate surface area is 170 Å². The maximum absolute atomic E-state index is 13.6. The molecule has 0 aliphatic heterocycles. The summed E-state index contributed by atoms with van der Waals surface area (Å²) in [6, 6.07) is 6.54. The molecule has 4 rings (SSSR count). The Bertz CT molecular complexity index is 1100. The van der Waals surface area contributed by atoms with Crippen LogP contribution in [-0.2, 0) is 0 Å². The van der Waals surface area contributed by atoms with Gasteiger partial charge in [0.05, 0.1) is 9.90 Å². The average Bonchev–Trinajstić information content (AvgIpc) is 3.26. The largest absolute Gasteiger partial charge is 0.244 e. The second-order valence-corrected chi connectivity index (χ2v) is 9.33. The number of hydrogen-bond acceptors (Lipinski definition) is 6. The van der Waals surface area contributed by atoms with Gasteiger partial charge in [-0.05, 0) is 24.6 Å². The van der Waals surface area contributed by atoms with Gasteiger partial charge in [0.1, 0.15) is 17.8 Å². The lowest BCUT2D eigenvalue weighted by atomic mass is 10.1. The highest BCUT2D eigenvalue weighted by Crippen LogP contribution is 2.39. The minimum atomic E-state index is -0.263. The topological polar surface area (TPSA) is 56.5 Å². The summed E-state index contributed by atoms with van der Waals surface area (Å²) < 4.78 is 16.5. The molecule has 3 aromatic heterocycles. The zero-order valence-corrected chi connectivity index (χ0v) is 17.3. The summed E-state index contributed by atoms with van der Waals surface area (Å²) in [5.41, 5.74) is 4.25. The van der Waals surface area contributed by atoms with E-state index in [-0.39, 0.29) is 5.82 Å². The van der Waals surface area contributed by atoms with Crippen molar-refractivity contribution in [2.75, 3.05) is 0 Å². The smallest absolute Gasteiger partial charge is 0.211 e. The summed E-state index contributed by atoms with van der Waals surface area (Å²) in [6.45, 7) is 6.21. The van der Waals surface area contributed by atoms with Crippen LogP contribution < -0.4 is 0 Å². The normalized spacial score (nSPS) is 11.3. The summed E-state index contributed by atoms with van der Waals surface area (Å²) in [5.74, 6) is -0.263. The predicted octanol–water partition coefficient (Wildman–Crippen LogP) is 5.40. The number of aryl methyl sites for hydroxylation is 1. The maximum Gasteiger partial charge on any atom is 0.211 e. The van der Waals surface area contributed by atoms with E-state index < -0.39 is 0 Å². The first-order valence-corrected chi connectivity index (χ1v) is 10.5. The Kier molecular flexibility index (Phi) is 5.23. The number of thioether (sulfide) groups is 1. The molecule has 142 valence electrons. The molecule has 0 saturated carbocycles. The van der Waals surface area contributed by atoms with E-state index in [2.05, 4.69) is 28.9 Å². The third kappa shape index (κ3) is 3.83. The van der Waals surface area contributed by atoms with Crippen LogP contribution in [0.4, 0.5) is 4.39 Å². The fraction of sp³-hybridized carbons (Fsp3) is 0.200. The van der Waals surface area contributed by atoms with Gasteiger partial charge in [-0.25, -0.2) is 24.0 Å². The van der Waals surface area contributed by atoms with Crippen molar-refractivity contribution in [1.29, 1.82) is 0 Å². The highest BCUT2D eigenvalue weighted by atomic mass is 32.2. The molecule has 0 aliphatic rings. The van der Waals surface area contributed by atoms with E-state index >= 15 is 0 Å². The molecule has 5 nitrogen and oxygen atoms in total. The van der Waals surface area contributed by atoms with Crippen molar-refractivity contribution in [2.24, 2.45) is 0 Å². The summed E-state index contributed by atoms with van der Waals surface area (Å²) in [4.78, 5) is 13.0. The van der Waals surface area contributed by atoms with E-state index in [0.29, 0.717) is 5.25 Å². The van der Waals surface area contributed by atoms with Crippen LogP contribution >= 0.6 is 23.1 Å². The summed E-state index contributed by atoms with van der Waals surface area (Å²) in [5, 5.41) is 5.79. The highest BCUT2D eigenvalue weighted by molar-refractivity contribution is 8.01. The van der Waals surface area contributed by atoms with E-state index in [1.165, 1.54) is 18.5 Å². The Morgan fingerprint density at radius 1 is 1.14 bits per heavy atom. The van der Waals surface area contributed by atoms with Crippen LogP contribution in [0.2, 0.25) is 0 Å². The SMILES string of the molecule is Cc1nn(-c2nc(-c3cncnc3)c(SC(C)C)s2)cc1-c1cccc(F)c1. The van der Waals surface area contributed by atoms with Crippen LogP contribution in [0.3, 0.4) is 0 Å². The monoisotopic (exact) mass is 411 g/mol. The maximum atomic E-state index is 13.6. The van der Waals surface area contributed by atoms with Crippen LogP contribution in [0, 0.1) is 12.7 Å². The second-order valence-electron chi connectivity index (χ2n) is 6.51. The third-order valence-corrected chi connectivity index (χ3v) is 6.25. The van der Waals surface area contributed by atoms with Crippen LogP contribution in [0.25, 0.3) is 27.5 Å². The molecule has 0 radical (unpaired) electrons. The van der Waals surface area contributed by atoms with E-state index in [1.54, 1.807) is 46.2 Å². The quantitative estimate of drug-likeness (QED) is 0.412. The number of thiazole rings is 1. The summed E-state index contributed by atoms with van der Waals surface area (Å²) in [7, 11) is 0. The lowest BCUT2D eigenvalue weighted by molar-refractivity contribution is 0.628. The van der Waals surface area contributed by atoms with Crippen LogP contribution in [0.1, 0.15) is 19.5 Å². The number of benzene rings is 1. The van der Waals surface area contributed by atoms with Crippen molar-refractivity contribution in [3.05, 3.63) is 60.7 Å². The average molecular weight is 412 g/mol. The third-order valence-electron chi connectivity index (χ3n) is 3.99. The predicted molar refractivity (Wildman–Crippen MR) is 111 cm³/mol. The van der Waals surface area contributed by atoms with E-state index in [9.17, 15) is 4.39 Å². The lowest BCUT2D eigenvalue weighted by Crippen LogP contribution is -1.94. The number of rotatable bonds is 5. The van der Waals surface area contributed by atoms with E-state index in [4.69, 9.17) is 4.98 Å². The molecule has 0 fully saturated rings. The van der Waals surface area contributed by atoms with Gasteiger partial charge in [0.15, 0.2) is 0 Å². The van der Waals surface area contributed by atoms with Crippen molar-refractivity contribution in [1.82, 2.24) is 24.7 Å². The molecule has 0 aliphatic carbocycles.